The molecule has 0 aliphatic heterocycles. The number of hydrogen-bond acceptors (Lipinski definition) is 20. The number of halogens is 1. The summed E-state index contributed by atoms with van der Waals surface area (Å²) in [5, 5.41) is 44.5. The molecule has 1 aromatic heterocycles. The summed E-state index contributed by atoms with van der Waals surface area (Å²) in [4.78, 5) is 104. The predicted molar refractivity (Wildman–Crippen MR) is 309 cm³/mol. The van der Waals surface area contributed by atoms with Crippen LogP contribution in [0.25, 0.3) is 10.9 Å². The van der Waals surface area contributed by atoms with Crippen molar-refractivity contribution in [2.24, 2.45) is 5.73 Å². The van der Waals surface area contributed by atoms with Crippen LogP contribution >= 0.6 is 0 Å². The van der Waals surface area contributed by atoms with Gasteiger partial charge in [0.15, 0.2) is 5.96 Å². The highest BCUT2D eigenvalue weighted by Gasteiger charge is 2.26. The number of carboxylic acid groups (broad SMARTS) is 1. The maximum atomic E-state index is 13.2. The Morgan fingerprint density at radius 1 is 0.529 bits per heavy atom. The first kappa shape index (κ1) is 73.8. The van der Waals surface area contributed by atoms with Crippen molar-refractivity contribution in [2.45, 2.75) is 63.1 Å². The Bertz CT molecular complexity index is 2500. The number of fused-ring (bicyclic) bond motifs is 1. The van der Waals surface area contributed by atoms with Crippen molar-refractivity contribution >= 4 is 64.2 Å². The number of aromatic nitrogens is 1. The first-order valence-corrected chi connectivity index (χ1v) is 28.5. The van der Waals surface area contributed by atoms with E-state index < -0.39 is 84.4 Å². The first-order chi connectivity index (χ1) is 42.1. The molecule has 2 aromatic carbocycles. The third kappa shape index (κ3) is 36.3. The number of ether oxygens (including phenoxy) is 10. The van der Waals surface area contributed by atoms with Crippen LogP contribution in [-0.4, -0.2) is 238 Å². The van der Waals surface area contributed by atoms with E-state index in [-0.39, 0.29) is 123 Å². The number of aromatic amines is 1. The molecule has 0 unspecified atom stereocenters. The number of aliphatic hydroxyl groups is 1. The van der Waals surface area contributed by atoms with Crippen LogP contribution in [0.4, 0.5) is 4.39 Å². The van der Waals surface area contributed by atoms with Crippen LogP contribution in [0.2, 0.25) is 0 Å². The highest BCUT2D eigenvalue weighted by molar-refractivity contribution is 5.93. The van der Waals surface area contributed by atoms with E-state index in [9.17, 15) is 47.9 Å². The fourth-order valence-corrected chi connectivity index (χ4v) is 7.56. The number of aliphatic hydroxyl groups excluding tert-OH is 1. The van der Waals surface area contributed by atoms with Gasteiger partial charge in [-0.25, -0.2) is 9.18 Å². The number of carboxylic acids is 1. The maximum Gasteiger partial charge on any atom is 0.326 e. The Kier molecular flexibility index (Phi) is 39.6. The zero-order valence-electron chi connectivity index (χ0n) is 48.8. The smallest absolute Gasteiger partial charge is 0.326 e. The monoisotopic (exact) mass is 1240 g/mol. The minimum atomic E-state index is -1.28. The van der Waals surface area contributed by atoms with E-state index in [1.165, 1.54) is 12.1 Å². The molecule has 3 rings (SSSR count). The van der Waals surface area contributed by atoms with Gasteiger partial charge in [0.05, 0.1) is 139 Å². The zero-order valence-corrected chi connectivity index (χ0v) is 48.8. The number of carbonyl (C=O) groups excluding carboxylic acids is 7. The lowest BCUT2D eigenvalue weighted by Gasteiger charge is -2.19. The number of amides is 6. The van der Waals surface area contributed by atoms with Crippen molar-refractivity contribution in [1.29, 1.82) is 5.41 Å². The van der Waals surface area contributed by atoms with Crippen molar-refractivity contribution in [1.82, 2.24) is 42.2 Å². The lowest BCUT2D eigenvalue weighted by molar-refractivity contribution is -0.141. The molecule has 0 aliphatic rings. The highest BCUT2D eigenvalue weighted by Crippen LogP contribution is 2.19. The van der Waals surface area contributed by atoms with Gasteiger partial charge in [-0.1, -0.05) is 18.2 Å². The largest absolute Gasteiger partial charge is 0.480 e. The number of para-hydroxylation sites is 1. The summed E-state index contributed by atoms with van der Waals surface area (Å²) in [6, 6.07) is 8.71. The number of carbonyl (C=O) groups is 8. The molecule has 0 bridgehead atoms. The lowest BCUT2D eigenvalue weighted by Crippen LogP contribution is -2.52. The summed E-state index contributed by atoms with van der Waals surface area (Å²) in [6.45, 7) is 3.90. The van der Waals surface area contributed by atoms with Crippen LogP contribution in [0, 0.1) is 11.2 Å². The molecule has 0 radical (unpaired) electrons. The molecule has 486 valence electrons. The van der Waals surface area contributed by atoms with Gasteiger partial charge in [-0.2, -0.15) is 0 Å². The van der Waals surface area contributed by atoms with Gasteiger partial charge in [0.25, 0.3) is 0 Å². The van der Waals surface area contributed by atoms with Crippen LogP contribution in [-0.2, 0) is 87.4 Å². The molecular formula is C56H85FN10O20. The Labute approximate surface area is 503 Å². The Hall–Kier alpha value is -7.46. The molecule has 6 amide bonds. The molecule has 0 saturated heterocycles. The normalized spacial score (nSPS) is 12.1. The summed E-state index contributed by atoms with van der Waals surface area (Å²) in [5.41, 5.74) is 6.82. The fourth-order valence-electron chi connectivity index (χ4n) is 7.56. The van der Waals surface area contributed by atoms with Gasteiger partial charge in [0.2, 0.25) is 35.4 Å². The molecule has 0 fully saturated rings. The highest BCUT2D eigenvalue weighted by atomic mass is 19.1. The Balaban J connectivity index is 1.10. The third-order valence-electron chi connectivity index (χ3n) is 11.9. The first-order valence-electron chi connectivity index (χ1n) is 28.5. The lowest BCUT2D eigenvalue weighted by atomic mass is 10.0. The predicted octanol–water partition coefficient (Wildman–Crippen LogP) is -1.69. The van der Waals surface area contributed by atoms with E-state index in [1.807, 2.05) is 24.3 Å². The van der Waals surface area contributed by atoms with Gasteiger partial charge in [-0.05, 0) is 55.2 Å². The number of esters is 1. The molecule has 30 nitrogen and oxygen atoms in total. The van der Waals surface area contributed by atoms with Crippen molar-refractivity contribution in [2.75, 3.05) is 152 Å². The zero-order chi connectivity index (χ0) is 63.1. The third-order valence-corrected chi connectivity index (χ3v) is 11.9. The second-order valence-electron chi connectivity index (χ2n) is 18.7. The fraction of sp³-hybridized carbons (Fsp3) is 0.589. The summed E-state index contributed by atoms with van der Waals surface area (Å²) in [5.74, 6) is -6.23. The van der Waals surface area contributed by atoms with E-state index >= 15 is 0 Å². The van der Waals surface area contributed by atoms with Crippen molar-refractivity contribution in [3.63, 3.8) is 0 Å². The average molecular weight is 1240 g/mol. The number of guanidine groups is 1. The van der Waals surface area contributed by atoms with Gasteiger partial charge in [0, 0.05) is 55.9 Å². The molecule has 13 N–H and O–H groups in total. The summed E-state index contributed by atoms with van der Waals surface area (Å²) in [7, 11) is 0. The second-order valence-corrected chi connectivity index (χ2v) is 18.7. The van der Waals surface area contributed by atoms with Gasteiger partial charge < -0.3 is 106 Å². The number of nitrogens with two attached hydrogens (primary N) is 1. The van der Waals surface area contributed by atoms with Crippen LogP contribution < -0.4 is 47.7 Å². The van der Waals surface area contributed by atoms with Gasteiger partial charge in [-0.3, -0.25) is 39.0 Å². The number of H-pyrrole nitrogens is 1. The van der Waals surface area contributed by atoms with Crippen molar-refractivity contribution in [3.8, 4) is 5.75 Å². The van der Waals surface area contributed by atoms with Crippen LogP contribution in [0.1, 0.15) is 44.1 Å². The number of rotatable bonds is 52. The average Bonchev–Trinajstić information content (AvgIpc) is 3.71. The molecule has 0 aliphatic carbocycles. The number of nitrogens with one attached hydrogen (secondary N) is 9. The maximum absolute atomic E-state index is 13.2. The van der Waals surface area contributed by atoms with Crippen LogP contribution in [0.5, 0.6) is 5.75 Å². The Morgan fingerprint density at radius 3 is 1.57 bits per heavy atom. The molecule has 87 heavy (non-hydrogen) atoms. The SMILES string of the molecule is N=C(N)NCCC[C@H](NC(=O)CNC(=O)CCOCCOCCOCCOCCOCCOCCOCCOCCNC(=O)[C@H](CCC(=O)Oc1ccc(F)cc1)NC(=O)CCOCCO)C(=O)NCC(=O)N[C@@H](Cc1c[nH]c2ccccc12)C(=O)O. The molecule has 3 aromatic rings. The number of hydrogen-bond donors (Lipinski definition) is 12. The van der Waals surface area contributed by atoms with Gasteiger partial charge >= 0.3 is 11.9 Å². The summed E-state index contributed by atoms with van der Waals surface area (Å²) in [6.07, 6.45) is 1.64. The number of aliphatic carboxylic acids is 1. The molecule has 0 spiro atoms. The molecule has 0 saturated carbocycles. The number of benzene rings is 2. The Morgan fingerprint density at radius 2 is 1.01 bits per heavy atom. The van der Waals surface area contributed by atoms with Gasteiger partial charge in [-0.15, -0.1) is 0 Å². The van der Waals surface area contributed by atoms with Gasteiger partial charge in [0.1, 0.15) is 29.7 Å². The van der Waals surface area contributed by atoms with Crippen molar-refractivity contribution in [3.05, 3.63) is 66.1 Å². The quantitative estimate of drug-likeness (QED) is 0.00986. The standard InChI is InChI=1S/C56H85FN10O20/c57-41-7-9-42(10-8-41)87-52(73)12-11-46(65-49(70)14-19-78-21-17-68)53(74)60-16-20-80-23-25-82-27-29-84-31-33-86-35-34-85-32-30-83-28-26-81-24-22-79-18-13-48(69)63-38-50(71)66-45(6-3-15-61-56(58)59)54(75)64-39-51(72)67-47(55(76)77)36-40-37-62-44-5-2-1-4-43(40)44/h1-2,4-5,7-10,37,45-47,62,68H,3,6,11-36,38-39H2,(H,60,74)(H,63,69)(H,64,75)(H,65,70)(H,66,71)(H,67,72)(H,76,77)(H4,58,59,61)/t45-,46-,47-/m0/s1. The minimum Gasteiger partial charge on any atom is -0.480 e. The van der Waals surface area contributed by atoms with Crippen molar-refractivity contribution < 1.29 is 100 Å². The second kappa shape index (κ2) is 46.7. The molecular weight excluding hydrogens is 1150 g/mol. The summed E-state index contributed by atoms with van der Waals surface area (Å²) < 4.78 is 67.3. The van der Waals surface area contributed by atoms with Crippen LogP contribution in [0.15, 0.2) is 54.7 Å². The molecule has 1 heterocycles. The molecule has 31 heteroatoms. The topological polar surface area (TPSA) is 419 Å². The van der Waals surface area contributed by atoms with E-state index in [0.717, 1.165) is 23.0 Å². The van der Waals surface area contributed by atoms with E-state index in [1.54, 1.807) is 6.20 Å². The van der Waals surface area contributed by atoms with E-state index in [0.29, 0.717) is 78.1 Å². The minimum absolute atomic E-state index is 0.0111. The van der Waals surface area contributed by atoms with E-state index in [4.69, 9.17) is 63.6 Å². The molecule has 3 atom stereocenters. The van der Waals surface area contributed by atoms with Crippen LogP contribution in [0.3, 0.4) is 0 Å². The van der Waals surface area contributed by atoms with E-state index in [2.05, 4.69) is 42.2 Å². The summed E-state index contributed by atoms with van der Waals surface area (Å²) >= 11 is 0.